The summed E-state index contributed by atoms with van der Waals surface area (Å²) in [6.07, 6.45) is 0.775. The number of hydrogen-bond donors (Lipinski definition) is 0. The third kappa shape index (κ3) is 6.78. The molecule has 0 N–H and O–H groups in total. The fourth-order valence-corrected chi connectivity index (χ4v) is 3.03. The van der Waals surface area contributed by atoms with E-state index in [1.54, 1.807) is 0 Å². The average Bonchev–Trinajstić information content (AvgIpc) is 2.49. The van der Waals surface area contributed by atoms with Gasteiger partial charge in [-0.2, -0.15) is 4.67 Å². The smallest absolute Gasteiger partial charge is 0.312 e. The van der Waals surface area contributed by atoms with Crippen LogP contribution in [0.25, 0.3) is 0 Å². The van der Waals surface area contributed by atoms with Gasteiger partial charge in [-0.05, 0) is 36.0 Å². The minimum atomic E-state index is -0.583. The van der Waals surface area contributed by atoms with E-state index >= 15 is 0 Å². The predicted molar refractivity (Wildman–Crippen MR) is 103 cm³/mol. The largest absolute Gasteiger partial charge is 0.463 e. The van der Waals surface area contributed by atoms with Crippen LogP contribution in [0, 0.1) is 28.1 Å². The van der Waals surface area contributed by atoms with Gasteiger partial charge < -0.3 is 9.26 Å². The van der Waals surface area contributed by atoms with Crippen molar-refractivity contribution in [1.82, 2.24) is 0 Å². The molecule has 0 heterocycles. The Morgan fingerprint density at radius 3 is 1.96 bits per heavy atom. The first-order chi connectivity index (χ1) is 11.3. The van der Waals surface area contributed by atoms with Crippen molar-refractivity contribution in [3.63, 3.8) is 0 Å². The molecule has 0 aromatic carbocycles. The number of rotatable bonds is 12. The van der Waals surface area contributed by atoms with Crippen LogP contribution < -0.4 is 0 Å². The Labute approximate surface area is 156 Å². The van der Waals surface area contributed by atoms with Gasteiger partial charge in [0.25, 0.3) is 0 Å². The van der Waals surface area contributed by atoms with Gasteiger partial charge in [0.15, 0.2) is 9.03 Å². The molecule has 0 aliphatic heterocycles. The fourth-order valence-electron chi connectivity index (χ4n) is 2.75. The third-order valence-electron chi connectivity index (χ3n) is 6.28. The van der Waals surface area contributed by atoms with Crippen LogP contribution in [-0.2, 0) is 23.6 Å². The highest BCUT2D eigenvalue weighted by molar-refractivity contribution is 7.26. The van der Waals surface area contributed by atoms with E-state index in [0.29, 0.717) is 18.4 Å². The summed E-state index contributed by atoms with van der Waals surface area (Å²) in [6, 6.07) is 0. The first-order valence-corrected chi connectivity index (χ1v) is 9.88. The van der Waals surface area contributed by atoms with E-state index in [0.717, 1.165) is 6.42 Å². The molecule has 6 heteroatoms. The van der Waals surface area contributed by atoms with Gasteiger partial charge in [0.2, 0.25) is 0 Å². The summed E-state index contributed by atoms with van der Waals surface area (Å²) in [5.74, 6) is 0.665. The van der Waals surface area contributed by atoms with Gasteiger partial charge >= 0.3 is 5.97 Å². The predicted octanol–water partition coefficient (Wildman–Crippen LogP) is 5.39. The number of carbonyl (C=O) groups excluding carboxylic acids is 1. The van der Waals surface area contributed by atoms with Crippen LogP contribution in [0.2, 0.25) is 0 Å². The molecule has 0 aromatic heterocycles. The highest BCUT2D eigenvalue weighted by Crippen LogP contribution is 2.53. The lowest BCUT2D eigenvalue weighted by Crippen LogP contribution is -2.49. The zero-order valence-electron chi connectivity index (χ0n) is 17.8. The summed E-state index contributed by atoms with van der Waals surface area (Å²) in [6.45, 7) is 20.1. The van der Waals surface area contributed by atoms with E-state index in [-0.39, 0.29) is 32.4 Å². The van der Waals surface area contributed by atoms with E-state index in [4.69, 9.17) is 9.26 Å². The molecule has 0 aromatic rings. The summed E-state index contributed by atoms with van der Waals surface area (Å²) in [7, 11) is 1.20. The van der Waals surface area contributed by atoms with Gasteiger partial charge in [0.05, 0.1) is 19.1 Å². The van der Waals surface area contributed by atoms with Gasteiger partial charge in [-0.1, -0.05) is 55.4 Å². The molecule has 0 aliphatic rings. The van der Waals surface area contributed by atoms with Crippen molar-refractivity contribution in [3.05, 3.63) is 0 Å². The monoisotopic (exact) mass is 378 g/mol. The molecule has 0 saturated heterocycles. The second-order valence-corrected chi connectivity index (χ2v) is 9.47. The van der Waals surface area contributed by atoms with Gasteiger partial charge in [-0.3, -0.25) is 4.79 Å². The van der Waals surface area contributed by atoms with Crippen molar-refractivity contribution in [1.29, 1.82) is 0 Å². The lowest BCUT2D eigenvalue weighted by molar-refractivity contribution is -0.176. The molecular formula is C19H39O5P. The van der Waals surface area contributed by atoms with Crippen LogP contribution in [0.15, 0.2) is 0 Å². The van der Waals surface area contributed by atoms with Crippen molar-refractivity contribution < 1.29 is 23.6 Å². The van der Waals surface area contributed by atoms with Crippen molar-refractivity contribution in [2.45, 2.75) is 68.7 Å². The van der Waals surface area contributed by atoms with Gasteiger partial charge in [0.1, 0.15) is 6.61 Å². The van der Waals surface area contributed by atoms with Crippen LogP contribution in [0.5, 0.6) is 0 Å². The maximum atomic E-state index is 13.1. The van der Waals surface area contributed by atoms with E-state index < -0.39 is 5.41 Å². The molecule has 0 aliphatic carbocycles. The summed E-state index contributed by atoms with van der Waals surface area (Å²) in [5.41, 5.74) is -0.748. The van der Waals surface area contributed by atoms with E-state index in [1.807, 2.05) is 0 Å². The van der Waals surface area contributed by atoms with Crippen LogP contribution in [0.1, 0.15) is 68.7 Å². The number of carbonyl (C=O) groups is 1. The fraction of sp³-hybridized carbons (Fsp3) is 0.947. The molecule has 0 amide bonds. The molecule has 0 saturated carbocycles. The molecule has 0 spiro atoms. The Kier molecular flexibility index (Phi) is 10.1. The summed E-state index contributed by atoms with van der Waals surface area (Å²) < 4.78 is 15.5. The Morgan fingerprint density at radius 1 is 0.960 bits per heavy atom. The molecule has 5 nitrogen and oxygen atoms in total. The lowest BCUT2D eigenvalue weighted by atomic mass is 9.55. The Morgan fingerprint density at radius 2 is 1.52 bits per heavy atom. The van der Waals surface area contributed by atoms with Crippen LogP contribution >= 0.6 is 9.03 Å². The minimum absolute atomic E-state index is 0.0319. The topological polar surface area (TPSA) is 54.0 Å². The molecular weight excluding hydrogens is 339 g/mol. The van der Waals surface area contributed by atoms with Crippen molar-refractivity contribution in [2.24, 2.45) is 28.1 Å². The van der Waals surface area contributed by atoms with E-state index in [1.165, 1.54) is 7.11 Å². The van der Waals surface area contributed by atoms with E-state index in [2.05, 4.69) is 71.9 Å². The standard InChI is InChI=1S/C19H39O5P/c1-14(2)17(5,6)13-19(9,18(7,8)15(3)4)16(20)22-11-12-23-25-24-21-10/h14-15,25H,11-13H2,1-10H3. The molecule has 25 heavy (non-hydrogen) atoms. The number of hydrogen-bond acceptors (Lipinski definition) is 5. The molecule has 2 atom stereocenters. The highest BCUT2D eigenvalue weighted by Gasteiger charge is 2.52. The van der Waals surface area contributed by atoms with Crippen LogP contribution in [0.4, 0.5) is 0 Å². The SMILES string of the molecule is COOPOCCOC(=O)C(C)(CC(C)(C)C(C)C)C(C)(C)C(C)C. The Bertz CT molecular complexity index is 407. The Balaban J connectivity index is 5.17. The van der Waals surface area contributed by atoms with Crippen molar-refractivity contribution >= 4 is 15.0 Å². The molecule has 2 unspecified atom stereocenters. The summed E-state index contributed by atoms with van der Waals surface area (Å²) in [5, 5.41) is 0. The third-order valence-corrected chi connectivity index (χ3v) is 6.84. The summed E-state index contributed by atoms with van der Waals surface area (Å²) >= 11 is 0. The zero-order valence-corrected chi connectivity index (χ0v) is 18.8. The minimum Gasteiger partial charge on any atom is -0.463 e. The second kappa shape index (κ2) is 10.2. The quantitative estimate of drug-likeness (QED) is 0.150. The number of ether oxygens (including phenoxy) is 1. The van der Waals surface area contributed by atoms with Crippen molar-refractivity contribution in [2.75, 3.05) is 20.3 Å². The lowest BCUT2D eigenvalue weighted by Gasteiger charge is -2.49. The van der Waals surface area contributed by atoms with E-state index in [9.17, 15) is 4.79 Å². The molecule has 0 rings (SSSR count). The molecule has 0 radical (unpaired) electrons. The van der Waals surface area contributed by atoms with Gasteiger partial charge in [0, 0.05) is 0 Å². The van der Waals surface area contributed by atoms with Crippen LogP contribution in [0.3, 0.4) is 0 Å². The molecule has 150 valence electrons. The Hall–Kier alpha value is -0.220. The highest BCUT2D eigenvalue weighted by atomic mass is 31.1. The average molecular weight is 378 g/mol. The molecule has 0 fully saturated rings. The van der Waals surface area contributed by atoms with Crippen LogP contribution in [-0.4, -0.2) is 26.3 Å². The first-order valence-electron chi connectivity index (χ1n) is 9.06. The normalized spacial score (nSPS) is 16.0. The second-order valence-electron chi connectivity index (χ2n) is 8.85. The molecule has 0 bridgehead atoms. The first kappa shape index (κ1) is 24.8. The summed E-state index contributed by atoms with van der Waals surface area (Å²) in [4.78, 5) is 17.5. The zero-order chi connectivity index (χ0) is 19.9. The van der Waals surface area contributed by atoms with Gasteiger partial charge in [-0.15, -0.1) is 0 Å². The van der Waals surface area contributed by atoms with Gasteiger partial charge in [-0.25, -0.2) is 4.89 Å². The van der Waals surface area contributed by atoms with Crippen molar-refractivity contribution in [3.8, 4) is 0 Å². The maximum absolute atomic E-state index is 13.1. The maximum Gasteiger partial charge on any atom is 0.312 e. The number of esters is 1.